The van der Waals surface area contributed by atoms with Crippen LogP contribution < -0.4 is 0 Å². The molecule has 1 aliphatic heterocycles. The third kappa shape index (κ3) is 1.41. The molecule has 58 valence electrons. The maximum absolute atomic E-state index is 4.28. The second kappa shape index (κ2) is 2.86. The highest BCUT2D eigenvalue weighted by Gasteiger charge is 2.08. The summed E-state index contributed by atoms with van der Waals surface area (Å²) in [5, 5.41) is 0. The lowest BCUT2D eigenvalue weighted by Gasteiger charge is -2.14. The van der Waals surface area contributed by atoms with Gasteiger partial charge in [-0.05, 0) is 36.3 Å². The second-order valence-corrected chi connectivity index (χ2v) is 4.00. The predicted molar refractivity (Wildman–Crippen MR) is 48.8 cm³/mol. The first-order chi connectivity index (χ1) is 5.36. The molecule has 1 aromatic rings. The minimum Gasteiger partial charge on any atom is -0.261 e. The van der Waals surface area contributed by atoms with Crippen LogP contribution in [0.1, 0.15) is 16.8 Å². The van der Waals surface area contributed by atoms with Crippen LogP contribution in [-0.4, -0.2) is 10.7 Å². The van der Waals surface area contributed by atoms with Crippen LogP contribution in [0.4, 0.5) is 0 Å². The average molecular weight is 165 g/mol. The van der Waals surface area contributed by atoms with Crippen molar-refractivity contribution in [2.24, 2.45) is 0 Å². The molecule has 0 aromatic carbocycles. The molecule has 0 spiro atoms. The zero-order chi connectivity index (χ0) is 7.68. The average Bonchev–Trinajstić information content (AvgIpc) is 2.04. The van der Waals surface area contributed by atoms with Crippen molar-refractivity contribution in [2.45, 2.75) is 19.1 Å². The van der Waals surface area contributed by atoms with Crippen molar-refractivity contribution in [2.75, 3.05) is 5.75 Å². The summed E-state index contributed by atoms with van der Waals surface area (Å²) in [5.41, 5.74) is 4.10. The molecule has 0 radical (unpaired) electrons. The maximum Gasteiger partial charge on any atom is 0.0375 e. The van der Waals surface area contributed by atoms with Crippen molar-refractivity contribution in [1.29, 1.82) is 0 Å². The molecular weight excluding hydrogens is 154 g/mol. The summed E-state index contributed by atoms with van der Waals surface area (Å²) in [6.07, 6.45) is 3.25. The molecule has 0 aliphatic carbocycles. The highest BCUT2D eigenvalue weighted by molar-refractivity contribution is 7.98. The molecule has 0 unspecified atom stereocenters. The third-order valence-corrected chi connectivity index (χ3v) is 3.00. The summed E-state index contributed by atoms with van der Waals surface area (Å²) >= 11 is 2.00. The van der Waals surface area contributed by atoms with Crippen LogP contribution in [0.3, 0.4) is 0 Å². The quantitative estimate of drug-likeness (QED) is 0.584. The molecule has 0 N–H and O–H groups in total. The van der Waals surface area contributed by atoms with Crippen LogP contribution in [0.5, 0.6) is 0 Å². The van der Waals surface area contributed by atoms with Crippen LogP contribution in [0.15, 0.2) is 12.3 Å². The Kier molecular flexibility index (Phi) is 1.86. The summed E-state index contributed by atoms with van der Waals surface area (Å²) in [5.74, 6) is 2.43. The maximum atomic E-state index is 4.28. The highest BCUT2D eigenvalue weighted by Crippen LogP contribution is 2.23. The van der Waals surface area contributed by atoms with Crippen LogP contribution in [0, 0.1) is 6.92 Å². The molecule has 0 amide bonds. The number of nitrogens with zero attached hydrogens (tertiary/aromatic N) is 1. The van der Waals surface area contributed by atoms with Crippen molar-refractivity contribution in [1.82, 2.24) is 4.98 Å². The van der Waals surface area contributed by atoms with Crippen LogP contribution in [-0.2, 0) is 12.2 Å². The molecule has 2 rings (SSSR count). The fourth-order valence-electron chi connectivity index (χ4n) is 1.37. The van der Waals surface area contributed by atoms with Gasteiger partial charge in [-0.1, -0.05) is 0 Å². The lowest BCUT2D eigenvalue weighted by molar-refractivity contribution is 1.03. The van der Waals surface area contributed by atoms with E-state index in [0.29, 0.717) is 0 Å². The van der Waals surface area contributed by atoms with Gasteiger partial charge in [-0.3, -0.25) is 4.98 Å². The van der Waals surface area contributed by atoms with Gasteiger partial charge in [-0.25, -0.2) is 0 Å². The Morgan fingerprint density at radius 2 is 2.36 bits per heavy atom. The first kappa shape index (κ1) is 7.17. The number of aryl methyl sites for hydroxylation is 2. The zero-order valence-corrected chi connectivity index (χ0v) is 7.45. The number of fused-ring (bicyclic) bond motifs is 1. The van der Waals surface area contributed by atoms with Gasteiger partial charge >= 0.3 is 0 Å². The summed E-state index contributed by atoms with van der Waals surface area (Å²) in [7, 11) is 0. The summed E-state index contributed by atoms with van der Waals surface area (Å²) in [6.45, 7) is 2.06. The second-order valence-electron chi connectivity index (χ2n) is 2.90. The molecule has 11 heavy (non-hydrogen) atoms. The number of thioether (sulfide) groups is 1. The van der Waals surface area contributed by atoms with Gasteiger partial charge in [0.25, 0.3) is 0 Å². The number of rotatable bonds is 0. The molecule has 0 saturated carbocycles. The fraction of sp³-hybridized carbons (Fsp3) is 0.444. The molecule has 2 heterocycles. The van der Waals surface area contributed by atoms with Gasteiger partial charge in [0.1, 0.15) is 0 Å². The molecule has 0 saturated heterocycles. The minimum absolute atomic E-state index is 1.15. The van der Waals surface area contributed by atoms with E-state index in [0.717, 1.165) is 11.4 Å². The monoisotopic (exact) mass is 165 g/mol. The van der Waals surface area contributed by atoms with E-state index in [4.69, 9.17) is 0 Å². The van der Waals surface area contributed by atoms with E-state index >= 15 is 0 Å². The summed E-state index contributed by atoms with van der Waals surface area (Å²) in [6, 6.07) is 2.22. The topological polar surface area (TPSA) is 12.9 Å². The predicted octanol–water partition coefficient (Wildman–Crippen LogP) is 2.18. The van der Waals surface area contributed by atoms with Crippen molar-refractivity contribution in [3.8, 4) is 0 Å². The number of hydrogen-bond donors (Lipinski definition) is 0. The van der Waals surface area contributed by atoms with Crippen LogP contribution in [0.2, 0.25) is 0 Å². The molecule has 1 aromatic heterocycles. The minimum atomic E-state index is 1.15. The van der Waals surface area contributed by atoms with Gasteiger partial charge in [-0.2, -0.15) is 11.8 Å². The zero-order valence-electron chi connectivity index (χ0n) is 6.63. The van der Waals surface area contributed by atoms with E-state index < -0.39 is 0 Å². The molecule has 1 nitrogen and oxygen atoms in total. The van der Waals surface area contributed by atoms with Gasteiger partial charge < -0.3 is 0 Å². The Morgan fingerprint density at radius 1 is 1.45 bits per heavy atom. The Balaban J connectivity index is 2.43. The van der Waals surface area contributed by atoms with Crippen molar-refractivity contribution in [3.63, 3.8) is 0 Å². The van der Waals surface area contributed by atoms with Gasteiger partial charge in [0.05, 0.1) is 0 Å². The van der Waals surface area contributed by atoms with Crippen LogP contribution >= 0.6 is 11.8 Å². The van der Waals surface area contributed by atoms with Gasteiger partial charge in [0, 0.05) is 17.6 Å². The summed E-state index contributed by atoms with van der Waals surface area (Å²) < 4.78 is 0. The molecule has 1 aliphatic rings. The largest absolute Gasteiger partial charge is 0.261 e. The first-order valence-electron chi connectivity index (χ1n) is 3.88. The van der Waals surface area contributed by atoms with Crippen LogP contribution in [0.25, 0.3) is 0 Å². The van der Waals surface area contributed by atoms with E-state index in [2.05, 4.69) is 18.0 Å². The Labute approximate surface area is 71.2 Å². The Morgan fingerprint density at radius 3 is 3.27 bits per heavy atom. The van der Waals surface area contributed by atoms with Gasteiger partial charge in [-0.15, -0.1) is 0 Å². The fourth-order valence-corrected chi connectivity index (χ4v) is 2.36. The molecule has 0 bridgehead atoms. The number of hydrogen-bond acceptors (Lipinski definition) is 2. The molecule has 0 atom stereocenters. The van der Waals surface area contributed by atoms with Crippen molar-refractivity contribution < 1.29 is 0 Å². The van der Waals surface area contributed by atoms with E-state index in [1.165, 1.54) is 23.3 Å². The number of pyridine rings is 1. The van der Waals surface area contributed by atoms with E-state index in [1.807, 2.05) is 18.0 Å². The first-order valence-corrected chi connectivity index (χ1v) is 5.04. The van der Waals surface area contributed by atoms with Gasteiger partial charge in [0.15, 0.2) is 0 Å². The van der Waals surface area contributed by atoms with E-state index in [9.17, 15) is 0 Å². The lowest BCUT2D eigenvalue weighted by atomic mass is 10.1. The van der Waals surface area contributed by atoms with Crippen molar-refractivity contribution in [3.05, 3.63) is 29.1 Å². The molecule has 2 heteroatoms. The molecular formula is C9H11NS. The molecule has 0 fully saturated rings. The van der Waals surface area contributed by atoms with E-state index in [-0.39, 0.29) is 0 Å². The Hall–Kier alpha value is -0.500. The normalized spacial score (nSPS) is 16.1. The smallest absolute Gasteiger partial charge is 0.0375 e. The standard InChI is InChI=1S/C9H11NS/c1-7-4-8-2-3-11-6-9(8)5-10-7/h4-5H,2-3,6H2,1H3. The van der Waals surface area contributed by atoms with Crippen molar-refractivity contribution >= 4 is 11.8 Å². The van der Waals surface area contributed by atoms with E-state index in [1.54, 1.807) is 0 Å². The number of aromatic nitrogens is 1. The highest BCUT2D eigenvalue weighted by atomic mass is 32.2. The lowest BCUT2D eigenvalue weighted by Crippen LogP contribution is -2.03. The van der Waals surface area contributed by atoms with Gasteiger partial charge in [0.2, 0.25) is 0 Å². The Bertz CT molecular complexity index is 270. The summed E-state index contributed by atoms with van der Waals surface area (Å²) in [4.78, 5) is 4.28. The SMILES string of the molecule is Cc1cc2c(cn1)CSCC2. The third-order valence-electron chi connectivity index (χ3n) is 1.99.